The Labute approximate surface area is 131 Å². The SMILES string of the molecule is COc1cc(NC(=O)Oc2ccccc2)cnc1-n1ccnn1. The maximum Gasteiger partial charge on any atom is 0.417 e. The van der Waals surface area contributed by atoms with Gasteiger partial charge >= 0.3 is 6.09 Å². The highest BCUT2D eigenvalue weighted by Gasteiger charge is 2.11. The van der Waals surface area contributed by atoms with E-state index in [0.29, 0.717) is 23.0 Å². The summed E-state index contributed by atoms with van der Waals surface area (Å²) in [4.78, 5) is 16.1. The smallest absolute Gasteiger partial charge is 0.417 e. The van der Waals surface area contributed by atoms with Crippen LogP contribution < -0.4 is 14.8 Å². The third-order valence-electron chi connectivity index (χ3n) is 2.89. The van der Waals surface area contributed by atoms with Gasteiger partial charge in [-0.25, -0.2) is 9.78 Å². The van der Waals surface area contributed by atoms with Crippen LogP contribution in [-0.2, 0) is 0 Å². The highest BCUT2D eigenvalue weighted by molar-refractivity contribution is 5.86. The number of benzene rings is 1. The third kappa shape index (κ3) is 3.43. The van der Waals surface area contributed by atoms with Gasteiger partial charge in [0.2, 0.25) is 0 Å². The van der Waals surface area contributed by atoms with Crippen molar-refractivity contribution in [1.29, 1.82) is 0 Å². The number of amides is 1. The number of nitrogens with one attached hydrogen (secondary N) is 1. The van der Waals surface area contributed by atoms with Gasteiger partial charge in [-0.05, 0) is 12.1 Å². The van der Waals surface area contributed by atoms with Crippen LogP contribution in [-0.4, -0.2) is 33.2 Å². The maximum absolute atomic E-state index is 11.9. The van der Waals surface area contributed by atoms with Crippen molar-refractivity contribution in [3.05, 3.63) is 55.0 Å². The van der Waals surface area contributed by atoms with Crippen LogP contribution in [0.3, 0.4) is 0 Å². The molecule has 2 aromatic heterocycles. The van der Waals surface area contributed by atoms with E-state index in [4.69, 9.17) is 9.47 Å². The Kier molecular flexibility index (Phi) is 4.14. The summed E-state index contributed by atoms with van der Waals surface area (Å²) in [5, 5.41) is 10.2. The third-order valence-corrected chi connectivity index (χ3v) is 2.89. The quantitative estimate of drug-likeness (QED) is 0.795. The van der Waals surface area contributed by atoms with Crippen LogP contribution in [0.1, 0.15) is 0 Å². The van der Waals surface area contributed by atoms with E-state index in [9.17, 15) is 4.79 Å². The molecule has 116 valence electrons. The van der Waals surface area contributed by atoms with Gasteiger partial charge in [0.25, 0.3) is 0 Å². The van der Waals surface area contributed by atoms with E-state index in [0.717, 1.165) is 0 Å². The lowest BCUT2D eigenvalue weighted by molar-refractivity contribution is 0.215. The molecule has 0 unspecified atom stereocenters. The van der Waals surface area contributed by atoms with Crippen LogP contribution in [0.15, 0.2) is 55.0 Å². The Morgan fingerprint density at radius 1 is 1.26 bits per heavy atom. The molecule has 2 heterocycles. The Balaban J connectivity index is 1.75. The fourth-order valence-corrected chi connectivity index (χ4v) is 1.89. The van der Waals surface area contributed by atoms with Gasteiger partial charge in [0.1, 0.15) is 5.75 Å². The number of pyridine rings is 1. The number of ether oxygens (including phenoxy) is 2. The molecule has 0 fully saturated rings. The van der Waals surface area contributed by atoms with Crippen LogP contribution in [0.25, 0.3) is 5.82 Å². The molecule has 0 aliphatic carbocycles. The summed E-state index contributed by atoms with van der Waals surface area (Å²) in [6, 6.07) is 10.4. The zero-order valence-electron chi connectivity index (χ0n) is 12.2. The van der Waals surface area contributed by atoms with E-state index in [1.807, 2.05) is 6.07 Å². The number of nitrogens with zero attached hydrogens (tertiary/aromatic N) is 4. The van der Waals surface area contributed by atoms with Gasteiger partial charge in [-0.1, -0.05) is 23.4 Å². The molecule has 0 bridgehead atoms. The van der Waals surface area contributed by atoms with Gasteiger partial charge in [-0.15, -0.1) is 5.10 Å². The second-order valence-corrected chi connectivity index (χ2v) is 4.43. The molecule has 1 aromatic carbocycles. The van der Waals surface area contributed by atoms with Gasteiger partial charge in [-0.3, -0.25) is 5.32 Å². The lowest BCUT2D eigenvalue weighted by Crippen LogP contribution is -2.17. The Morgan fingerprint density at radius 3 is 2.78 bits per heavy atom. The molecular weight excluding hydrogens is 298 g/mol. The molecule has 0 radical (unpaired) electrons. The molecule has 1 N–H and O–H groups in total. The molecule has 0 spiro atoms. The number of hydrogen-bond donors (Lipinski definition) is 1. The molecule has 8 nitrogen and oxygen atoms in total. The summed E-state index contributed by atoms with van der Waals surface area (Å²) in [6.07, 6.45) is 4.03. The number of methoxy groups -OCH3 is 1. The van der Waals surface area contributed by atoms with Crippen molar-refractivity contribution in [2.45, 2.75) is 0 Å². The predicted octanol–water partition coefficient (Wildman–Crippen LogP) is 2.28. The first kappa shape index (κ1) is 14.5. The molecule has 0 aliphatic rings. The molecule has 3 rings (SSSR count). The number of anilines is 1. The predicted molar refractivity (Wildman–Crippen MR) is 81.8 cm³/mol. The van der Waals surface area contributed by atoms with Gasteiger partial charge in [0.15, 0.2) is 11.6 Å². The Morgan fingerprint density at radius 2 is 2.09 bits per heavy atom. The molecule has 0 saturated carbocycles. The normalized spacial score (nSPS) is 10.1. The van der Waals surface area contributed by atoms with Crippen molar-refractivity contribution >= 4 is 11.8 Å². The van der Waals surface area contributed by atoms with Crippen LogP contribution in [0.4, 0.5) is 10.5 Å². The van der Waals surface area contributed by atoms with E-state index >= 15 is 0 Å². The number of rotatable bonds is 4. The molecule has 1 amide bonds. The summed E-state index contributed by atoms with van der Waals surface area (Å²) < 4.78 is 11.9. The first-order chi connectivity index (χ1) is 11.3. The molecule has 0 atom stereocenters. The second-order valence-electron chi connectivity index (χ2n) is 4.43. The van der Waals surface area contributed by atoms with Crippen LogP contribution >= 0.6 is 0 Å². The van der Waals surface area contributed by atoms with Crippen LogP contribution in [0.2, 0.25) is 0 Å². The van der Waals surface area contributed by atoms with E-state index < -0.39 is 6.09 Å². The Bertz CT molecular complexity index is 790. The largest absolute Gasteiger partial charge is 0.493 e. The van der Waals surface area contributed by atoms with Gasteiger partial charge in [0, 0.05) is 6.07 Å². The molecule has 0 saturated heterocycles. The zero-order valence-corrected chi connectivity index (χ0v) is 12.2. The topological polar surface area (TPSA) is 91.2 Å². The molecule has 23 heavy (non-hydrogen) atoms. The molecule has 0 aliphatic heterocycles. The second kappa shape index (κ2) is 6.56. The lowest BCUT2D eigenvalue weighted by atomic mass is 10.3. The highest BCUT2D eigenvalue weighted by atomic mass is 16.6. The van der Waals surface area contributed by atoms with Crippen molar-refractivity contribution < 1.29 is 14.3 Å². The first-order valence-corrected chi connectivity index (χ1v) is 6.71. The van der Waals surface area contributed by atoms with Crippen LogP contribution in [0.5, 0.6) is 11.5 Å². The van der Waals surface area contributed by atoms with Crippen molar-refractivity contribution in [3.8, 4) is 17.3 Å². The van der Waals surface area contributed by atoms with E-state index in [-0.39, 0.29) is 0 Å². The maximum atomic E-state index is 11.9. The van der Waals surface area contributed by atoms with E-state index in [2.05, 4.69) is 20.6 Å². The average Bonchev–Trinajstić information content (AvgIpc) is 3.10. The van der Waals surface area contributed by atoms with E-state index in [1.54, 1.807) is 36.5 Å². The minimum atomic E-state index is -0.617. The number of carbonyl (C=O) groups is 1. The summed E-state index contributed by atoms with van der Waals surface area (Å²) in [5.74, 6) is 1.35. The minimum absolute atomic E-state index is 0.437. The molecule has 3 aromatic rings. The van der Waals surface area contributed by atoms with Crippen molar-refractivity contribution in [2.24, 2.45) is 0 Å². The van der Waals surface area contributed by atoms with Crippen molar-refractivity contribution in [2.75, 3.05) is 12.4 Å². The first-order valence-electron chi connectivity index (χ1n) is 6.71. The summed E-state index contributed by atoms with van der Waals surface area (Å²) in [6.45, 7) is 0. The fraction of sp³-hybridized carbons (Fsp3) is 0.0667. The minimum Gasteiger partial charge on any atom is -0.493 e. The van der Waals surface area contributed by atoms with Crippen molar-refractivity contribution in [1.82, 2.24) is 20.0 Å². The van der Waals surface area contributed by atoms with Gasteiger partial charge < -0.3 is 9.47 Å². The lowest BCUT2D eigenvalue weighted by Gasteiger charge is -2.10. The summed E-state index contributed by atoms with van der Waals surface area (Å²) in [7, 11) is 1.50. The number of carbonyl (C=O) groups excluding carboxylic acids is 1. The zero-order chi connectivity index (χ0) is 16.1. The molecular formula is C15H13N5O3. The number of para-hydroxylation sites is 1. The monoisotopic (exact) mass is 311 g/mol. The Hall–Kier alpha value is -3.42. The van der Waals surface area contributed by atoms with Gasteiger partial charge in [-0.2, -0.15) is 4.68 Å². The highest BCUT2D eigenvalue weighted by Crippen LogP contribution is 2.23. The van der Waals surface area contributed by atoms with Crippen LogP contribution in [0, 0.1) is 0 Å². The van der Waals surface area contributed by atoms with Gasteiger partial charge in [0.05, 0.1) is 31.4 Å². The number of aromatic nitrogens is 4. The standard InChI is InChI=1S/C15H13N5O3/c1-22-13-9-11(10-16-14(13)20-8-7-17-19-20)18-15(21)23-12-5-3-2-4-6-12/h2-10H,1H3,(H,18,21). The fourth-order valence-electron chi connectivity index (χ4n) is 1.89. The van der Waals surface area contributed by atoms with E-state index in [1.165, 1.54) is 24.2 Å². The average molecular weight is 311 g/mol. The molecule has 8 heteroatoms. The summed E-state index contributed by atoms with van der Waals surface area (Å²) in [5.41, 5.74) is 0.437. The van der Waals surface area contributed by atoms with Crippen molar-refractivity contribution in [3.63, 3.8) is 0 Å². The summed E-state index contributed by atoms with van der Waals surface area (Å²) >= 11 is 0. The number of hydrogen-bond acceptors (Lipinski definition) is 6.